The molecule has 0 fully saturated rings. The maximum atomic E-state index is 12.8. The van der Waals surface area contributed by atoms with Crippen LogP contribution in [-0.4, -0.2) is 37.2 Å². The predicted molar refractivity (Wildman–Crippen MR) is 270 cm³/mol. The van der Waals surface area contributed by atoms with E-state index in [4.69, 9.17) is 14.2 Å². The van der Waals surface area contributed by atoms with E-state index in [2.05, 4.69) is 81.5 Å². The Morgan fingerprint density at radius 1 is 0.333 bits per heavy atom. The monoisotopic (exact) mass is 881 g/mol. The van der Waals surface area contributed by atoms with Gasteiger partial charge in [-0.05, 0) is 83.5 Å². The van der Waals surface area contributed by atoms with Gasteiger partial charge in [0.2, 0.25) is 0 Å². The van der Waals surface area contributed by atoms with Gasteiger partial charge in [0.05, 0.1) is 0 Å². The topological polar surface area (TPSA) is 78.9 Å². The van der Waals surface area contributed by atoms with Crippen LogP contribution in [0.4, 0.5) is 0 Å². The molecule has 364 valence electrons. The zero-order valence-corrected chi connectivity index (χ0v) is 41.6. The molecule has 0 spiro atoms. The SMILES string of the molecule is CC/C=C\C/C=C\C/C=C\C/C=C\CCCCCCCCCCC(=O)OCC(COC(=O)CCCCCCC)OC(=O)CCCCCCCCCCC/C=C\CCCCCCCC. The third-order valence-electron chi connectivity index (χ3n) is 11.5. The van der Waals surface area contributed by atoms with E-state index in [1.807, 2.05) is 0 Å². The summed E-state index contributed by atoms with van der Waals surface area (Å²) in [6.45, 7) is 6.44. The average molecular weight is 881 g/mol. The summed E-state index contributed by atoms with van der Waals surface area (Å²) < 4.78 is 16.7. The first-order chi connectivity index (χ1) is 31.0. The smallest absolute Gasteiger partial charge is 0.306 e. The van der Waals surface area contributed by atoms with Crippen molar-refractivity contribution in [1.29, 1.82) is 0 Å². The van der Waals surface area contributed by atoms with Crippen LogP contribution in [0.3, 0.4) is 0 Å². The molecule has 0 rings (SSSR count). The maximum Gasteiger partial charge on any atom is 0.306 e. The van der Waals surface area contributed by atoms with Crippen molar-refractivity contribution in [3.8, 4) is 0 Å². The lowest BCUT2D eigenvalue weighted by atomic mass is 10.1. The fourth-order valence-electron chi connectivity index (χ4n) is 7.49. The molecule has 1 unspecified atom stereocenters. The number of ether oxygens (including phenoxy) is 3. The fraction of sp³-hybridized carbons (Fsp3) is 0.772. The third-order valence-corrected chi connectivity index (χ3v) is 11.5. The van der Waals surface area contributed by atoms with E-state index in [0.717, 1.165) is 96.3 Å². The van der Waals surface area contributed by atoms with Crippen molar-refractivity contribution in [2.45, 2.75) is 271 Å². The second kappa shape index (κ2) is 51.7. The minimum atomic E-state index is -0.774. The van der Waals surface area contributed by atoms with Crippen LogP contribution in [0, 0.1) is 0 Å². The van der Waals surface area contributed by atoms with Gasteiger partial charge in [0, 0.05) is 19.3 Å². The van der Waals surface area contributed by atoms with Crippen LogP contribution in [-0.2, 0) is 28.6 Å². The second-order valence-corrected chi connectivity index (χ2v) is 17.8. The van der Waals surface area contributed by atoms with Crippen molar-refractivity contribution in [3.63, 3.8) is 0 Å². The molecule has 0 aromatic carbocycles. The fourth-order valence-corrected chi connectivity index (χ4v) is 7.49. The molecule has 63 heavy (non-hydrogen) atoms. The molecule has 0 aromatic rings. The highest BCUT2D eigenvalue weighted by atomic mass is 16.6. The Bertz CT molecular complexity index is 1150. The zero-order valence-electron chi connectivity index (χ0n) is 41.6. The number of hydrogen-bond acceptors (Lipinski definition) is 6. The number of carbonyl (C=O) groups is 3. The summed E-state index contributed by atoms with van der Waals surface area (Å²) in [5, 5.41) is 0. The van der Waals surface area contributed by atoms with E-state index in [1.54, 1.807) is 0 Å². The number of unbranched alkanes of at least 4 members (excludes halogenated alkanes) is 27. The number of esters is 3. The maximum absolute atomic E-state index is 12.8. The van der Waals surface area contributed by atoms with Gasteiger partial charge in [0.25, 0.3) is 0 Å². The summed E-state index contributed by atoms with van der Waals surface area (Å²) in [4.78, 5) is 37.7. The molecule has 0 aliphatic heterocycles. The molecule has 0 radical (unpaired) electrons. The third kappa shape index (κ3) is 50.0. The molecule has 0 aromatic heterocycles. The first-order valence-electron chi connectivity index (χ1n) is 26.8. The quantitative estimate of drug-likeness (QED) is 0.0262. The van der Waals surface area contributed by atoms with Crippen LogP contribution in [0.1, 0.15) is 265 Å². The summed E-state index contributed by atoms with van der Waals surface area (Å²) in [5.74, 6) is -0.896. The van der Waals surface area contributed by atoms with Crippen LogP contribution in [0.2, 0.25) is 0 Å². The van der Waals surface area contributed by atoms with Crippen LogP contribution in [0.25, 0.3) is 0 Å². The molecule has 6 heteroatoms. The Morgan fingerprint density at radius 2 is 0.619 bits per heavy atom. The standard InChI is InChI=1S/C57H100O6/c1-4-7-10-13-15-17-19-21-23-25-27-28-30-31-33-35-37-39-41-44-47-50-56(59)62-53-54(52-61-55(58)49-46-43-12-9-6-3)63-57(60)51-48-45-42-40-38-36-34-32-29-26-24-22-20-18-16-14-11-8-5-2/h7,10,15,17,21-24,27-28,54H,4-6,8-9,11-14,16,18-20,25-26,29-53H2,1-3H3/b10-7-,17-15-,23-21-,24-22-,28-27-. The van der Waals surface area contributed by atoms with Gasteiger partial charge in [-0.1, -0.05) is 223 Å². The van der Waals surface area contributed by atoms with Gasteiger partial charge in [-0.3, -0.25) is 14.4 Å². The van der Waals surface area contributed by atoms with E-state index < -0.39 is 6.10 Å². The van der Waals surface area contributed by atoms with Crippen LogP contribution >= 0.6 is 0 Å². The van der Waals surface area contributed by atoms with Gasteiger partial charge in [-0.15, -0.1) is 0 Å². The number of carbonyl (C=O) groups excluding carboxylic acids is 3. The first kappa shape index (κ1) is 60.1. The van der Waals surface area contributed by atoms with Gasteiger partial charge in [0.1, 0.15) is 13.2 Å². The molecule has 0 heterocycles. The lowest BCUT2D eigenvalue weighted by molar-refractivity contribution is -0.167. The number of allylic oxidation sites excluding steroid dienone is 10. The molecule has 0 bridgehead atoms. The lowest BCUT2D eigenvalue weighted by Crippen LogP contribution is -2.30. The van der Waals surface area contributed by atoms with Gasteiger partial charge in [0.15, 0.2) is 6.10 Å². The molecule has 0 saturated heterocycles. The Kier molecular flexibility index (Phi) is 49.4. The first-order valence-corrected chi connectivity index (χ1v) is 26.8. The number of hydrogen-bond donors (Lipinski definition) is 0. The Labute approximate surface area is 390 Å². The molecule has 0 N–H and O–H groups in total. The lowest BCUT2D eigenvalue weighted by Gasteiger charge is -2.18. The zero-order chi connectivity index (χ0) is 45.8. The Balaban J connectivity index is 4.15. The largest absolute Gasteiger partial charge is 0.462 e. The summed E-state index contributed by atoms with van der Waals surface area (Å²) in [7, 11) is 0. The van der Waals surface area contributed by atoms with Crippen molar-refractivity contribution in [2.24, 2.45) is 0 Å². The van der Waals surface area contributed by atoms with Crippen LogP contribution in [0.15, 0.2) is 60.8 Å². The second-order valence-electron chi connectivity index (χ2n) is 17.8. The highest BCUT2D eigenvalue weighted by Crippen LogP contribution is 2.15. The Morgan fingerprint density at radius 3 is 0.984 bits per heavy atom. The van der Waals surface area contributed by atoms with E-state index >= 15 is 0 Å². The molecule has 6 nitrogen and oxygen atoms in total. The molecule has 0 aliphatic carbocycles. The van der Waals surface area contributed by atoms with Crippen molar-refractivity contribution >= 4 is 17.9 Å². The van der Waals surface area contributed by atoms with E-state index in [9.17, 15) is 14.4 Å². The predicted octanol–water partition coefficient (Wildman–Crippen LogP) is 17.6. The van der Waals surface area contributed by atoms with Crippen molar-refractivity contribution in [1.82, 2.24) is 0 Å². The van der Waals surface area contributed by atoms with E-state index in [-0.39, 0.29) is 31.1 Å². The van der Waals surface area contributed by atoms with E-state index in [0.29, 0.717) is 19.3 Å². The van der Waals surface area contributed by atoms with Crippen molar-refractivity contribution < 1.29 is 28.6 Å². The molecule has 0 amide bonds. The van der Waals surface area contributed by atoms with Crippen LogP contribution in [0.5, 0.6) is 0 Å². The molecule has 0 aliphatic rings. The normalized spacial score (nSPS) is 12.5. The Hall–Kier alpha value is -2.89. The average Bonchev–Trinajstić information content (AvgIpc) is 3.28. The minimum Gasteiger partial charge on any atom is -0.462 e. The van der Waals surface area contributed by atoms with Crippen molar-refractivity contribution in [3.05, 3.63) is 60.8 Å². The molecule has 0 saturated carbocycles. The summed E-state index contributed by atoms with van der Waals surface area (Å²) in [5.41, 5.74) is 0. The molecule has 1 atom stereocenters. The van der Waals surface area contributed by atoms with Gasteiger partial charge >= 0.3 is 17.9 Å². The van der Waals surface area contributed by atoms with Gasteiger partial charge < -0.3 is 14.2 Å². The number of rotatable bonds is 48. The summed E-state index contributed by atoms with van der Waals surface area (Å²) in [6, 6.07) is 0. The highest BCUT2D eigenvalue weighted by molar-refractivity contribution is 5.71. The molecular formula is C57H100O6. The molecular weight excluding hydrogens is 781 g/mol. The van der Waals surface area contributed by atoms with E-state index in [1.165, 1.54) is 128 Å². The summed E-state index contributed by atoms with van der Waals surface area (Å²) >= 11 is 0. The highest BCUT2D eigenvalue weighted by Gasteiger charge is 2.19. The van der Waals surface area contributed by atoms with Gasteiger partial charge in [-0.25, -0.2) is 0 Å². The summed E-state index contributed by atoms with van der Waals surface area (Å²) in [6.07, 6.45) is 63.9. The van der Waals surface area contributed by atoms with Crippen molar-refractivity contribution in [2.75, 3.05) is 13.2 Å². The van der Waals surface area contributed by atoms with Gasteiger partial charge in [-0.2, -0.15) is 0 Å². The van der Waals surface area contributed by atoms with Crippen LogP contribution < -0.4 is 0 Å². The minimum absolute atomic E-state index is 0.0776.